The van der Waals surface area contributed by atoms with E-state index in [9.17, 15) is 5.11 Å². The molecule has 4 heteroatoms. The van der Waals surface area contributed by atoms with Gasteiger partial charge in [0.2, 0.25) is 0 Å². The maximum absolute atomic E-state index is 9.77. The monoisotopic (exact) mass is 448 g/mol. The Labute approximate surface area is 197 Å². The Morgan fingerprint density at radius 3 is 1.91 bits per heavy atom. The minimum absolute atomic E-state index is 0.130. The molecule has 1 N–H and O–H groups in total. The molecule has 1 aliphatic rings. The molecule has 0 radical (unpaired) electrons. The lowest BCUT2D eigenvalue weighted by Crippen LogP contribution is -2.31. The molecule has 184 valence electrons. The summed E-state index contributed by atoms with van der Waals surface area (Å²) in [6.07, 6.45) is 17.8. The molecule has 1 atom stereocenters. The van der Waals surface area contributed by atoms with Gasteiger partial charge in [-0.3, -0.25) is 0 Å². The summed E-state index contributed by atoms with van der Waals surface area (Å²) in [6.45, 7) is 6.46. The Hall–Kier alpha value is -1.10. The highest BCUT2D eigenvalue weighted by Crippen LogP contribution is 2.28. The minimum atomic E-state index is -0.551. The fourth-order valence-corrected chi connectivity index (χ4v) is 4.59. The first-order valence-electron chi connectivity index (χ1n) is 13.3. The molecule has 1 unspecified atom stereocenters. The number of ether oxygens (including phenoxy) is 3. The van der Waals surface area contributed by atoms with E-state index >= 15 is 0 Å². The van der Waals surface area contributed by atoms with Crippen molar-refractivity contribution in [3.8, 4) is 5.75 Å². The van der Waals surface area contributed by atoms with Gasteiger partial charge in [-0.2, -0.15) is 0 Å². The molecule has 1 heterocycles. The fraction of sp³-hybridized carbons (Fsp3) is 0.786. The first-order valence-corrected chi connectivity index (χ1v) is 13.3. The zero-order valence-corrected chi connectivity index (χ0v) is 20.8. The van der Waals surface area contributed by atoms with Gasteiger partial charge in [0.25, 0.3) is 0 Å². The number of hydrogen-bond acceptors (Lipinski definition) is 4. The van der Waals surface area contributed by atoms with E-state index in [2.05, 4.69) is 31.2 Å². The van der Waals surface area contributed by atoms with Crippen LogP contribution in [0, 0.1) is 5.92 Å². The van der Waals surface area contributed by atoms with Crippen molar-refractivity contribution in [3.63, 3.8) is 0 Å². The second kappa shape index (κ2) is 16.5. The van der Waals surface area contributed by atoms with Crippen LogP contribution < -0.4 is 4.74 Å². The van der Waals surface area contributed by atoms with E-state index in [-0.39, 0.29) is 12.5 Å². The molecule has 1 aromatic carbocycles. The van der Waals surface area contributed by atoms with Crippen LogP contribution in [0.5, 0.6) is 5.75 Å². The van der Waals surface area contributed by atoms with E-state index < -0.39 is 5.79 Å². The molecule has 0 aromatic heterocycles. The van der Waals surface area contributed by atoms with Crippen LogP contribution in [0.15, 0.2) is 24.3 Å². The van der Waals surface area contributed by atoms with Crippen molar-refractivity contribution in [2.75, 3.05) is 26.4 Å². The molecule has 0 spiro atoms. The van der Waals surface area contributed by atoms with Crippen LogP contribution in [0.2, 0.25) is 0 Å². The summed E-state index contributed by atoms with van der Waals surface area (Å²) in [5, 5.41) is 9.77. The molecule has 1 aromatic rings. The van der Waals surface area contributed by atoms with Crippen molar-refractivity contribution in [2.45, 2.75) is 110 Å². The van der Waals surface area contributed by atoms with Gasteiger partial charge in [0.15, 0.2) is 5.79 Å². The number of benzene rings is 1. The minimum Gasteiger partial charge on any atom is -0.494 e. The molecule has 2 rings (SSSR count). The summed E-state index contributed by atoms with van der Waals surface area (Å²) in [5.74, 6) is 0.516. The van der Waals surface area contributed by atoms with Gasteiger partial charge in [-0.25, -0.2) is 0 Å². The third-order valence-electron chi connectivity index (χ3n) is 6.53. The molecule has 4 nitrogen and oxygen atoms in total. The topological polar surface area (TPSA) is 47.9 Å². The molecule has 0 bridgehead atoms. The highest BCUT2D eigenvalue weighted by molar-refractivity contribution is 5.27. The van der Waals surface area contributed by atoms with Crippen molar-refractivity contribution in [3.05, 3.63) is 29.8 Å². The molecule has 1 aliphatic heterocycles. The van der Waals surface area contributed by atoms with Crippen LogP contribution in [0.3, 0.4) is 0 Å². The van der Waals surface area contributed by atoms with Crippen LogP contribution >= 0.6 is 0 Å². The molecule has 0 amide bonds. The van der Waals surface area contributed by atoms with Gasteiger partial charge in [-0.1, -0.05) is 89.7 Å². The van der Waals surface area contributed by atoms with Crippen LogP contribution in [0.25, 0.3) is 0 Å². The third-order valence-corrected chi connectivity index (χ3v) is 6.53. The van der Waals surface area contributed by atoms with Gasteiger partial charge in [0.05, 0.1) is 19.8 Å². The number of aliphatic hydroxyl groups excluding tert-OH is 1. The van der Waals surface area contributed by atoms with Crippen molar-refractivity contribution in [1.82, 2.24) is 0 Å². The van der Waals surface area contributed by atoms with E-state index in [0.717, 1.165) is 25.2 Å². The summed E-state index contributed by atoms with van der Waals surface area (Å²) >= 11 is 0. The first kappa shape index (κ1) is 27.1. The quantitative estimate of drug-likeness (QED) is 0.230. The lowest BCUT2D eigenvalue weighted by atomic mass is 9.93. The van der Waals surface area contributed by atoms with Crippen molar-refractivity contribution in [1.29, 1.82) is 0 Å². The normalized spacial score (nSPS) is 16.3. The molecule has 0 aliphatic carbocycles. The van der Waals surface area contributed by atoms with Crippen LogP contribution in [-0.4, -0.2) is 37.3 Å². The molecule has 32 heavy (non-hydrogen) atoms. The van der Waals surface area contributed by atoms with Crippen LogP contribution in [0.1, 0.15) is 103 Å². The Kier molecular flexibility index (Phi) is 14.0. The highest BCUT2D eigenvalue weighted by Gasteiger charge is 2.33. The smallest absolute Gasteiger partial charge is 0.166 e. The summed E-state index contributed by atoms with van der Waals surface area (Å²) in [4.78, 5) is 0. The lowest BCUT2D eigenvalue weighted by molar-refractivity contribution is -0.157. The maximum atomic E-state index is 9.77. The van der Waals surface area contributed by atoms with Gasteiger partial charge in [-0.05, 0) is 43.4 Å². The Balaban J connectivity index is 1.49. The summed E-state index contributed by atoms with van der Waals surface area (Å²) in [7, 11) is 0. The Morgan fingerprint density at radius 2 is 1.38 bits per heavy atom. The van der Waals surface area contributed by atoms with E-state index in [4.69, 9.17) is 14.2 Å². The van der Waals surface area contributed by atoms with E-state index in [1.54, 1.807) is 0 Å². The predicted molar refractivity (Wildman–Crippen MR) is 132 cm³/mol. The third kappa shape index (κ3) is 11.7. The van der Waals surface area contributed by atoms with Crippen LogP contribution in [0.4, 0.5) is 0 Å². The average Bonchev–Trinajstić information content (AvgIpc) is 3.23. The van der Waals surface area contributed by atoms with Crippen LogP contribution in [-0.2, 0) is 15.9 Å². The van der Waals surface area contributed by atoms with Crippen molar-refractivity contribution < 1.29 is 19.3 Å². The number of aliphatic hydroxyl groups is 1. The predicted octanol–water partition coefficient (Wildman–Crippen LogP) is 7.07. The second-order valence-corrected chi connectivity index (χ2v) is 9.67. The fourth-order valence-electron chi connectivity index (χ4n) is 4.59. The Morgan fingerprint density at radius 1 is 0.844 bits per heavy atom. The zero-order chi connectivity index (χ0) is 22.9. The summed E-state index contributed by atoms with van der Waals surface area (Å²) in [6, 6.07) is 8.32. The standard InChI is InChI=1S/C28H48O4/c1-3-4-5-6-7-8-9-10-11-12-13-14-19-30-27-17-15-25(16-18-27)22-26(24-29)23-28(2)31-20-21-32-28/h15-18,26,29H,3-14,19-24H2,1-2H3. The number of rotatable bonds is 19. The van der Waals surface area contributed by atoms with Gasteiger partial charge in [0.1, 0.15) is 5.75 Å². The van der Waals surface area contributed by atoms with E-state index in [1.165, 1.54) is 76.2 Å². The SMILES string of the molecule is CCCCCCCCCCCCCCOc1ccc(CC(CO)CC2(C)OCCO2)cc1. The van der Waals surface area contributed by atoms with Gasteiger partial charge < -0.3 is 19.3 Å². The number of unbranched alkanes of at least 4 members (excludes halogenated alkanes) is 11. The second-order valence-electron chi connectivity index (χ2n) is 9.67. The maximum Gasteiger partial charge on any atom is 0.166 e. The largest absolute Gasteiger partial charge is 0.494 e. The summed E-state index contributed by atoms with van der Waals surface area (Å²) in [5.41, 5.74) is 1.21. The highest BCUT2D eigenvalue weighted by atomic mass is 16.7. The van der Waals surface area contributed by atoms with Gasteiger partial charge >= 0.3 is 0 Å². The molecule has 1 saturated heterocycles. The van der Waals surface area contributed by atoms with Gasteiger partial charge in [-0.15, -0.1) is 0 Å². The van der Waals surface area contributed by atoms with Crippen molar-refractivity contribution in [2.24, 2.45) is 5.92 Å². The average molecular weight is 449 g/mol. The zero-order valence-electron chi connectivity index (χ0n) is 20.8. The first-order chi connectivity index (χ1) is 15.6. The molecule has 0 saturated carbocycles. The lowest BCUT2D eigenvalue weighted by Gasteiger charge is -2.27. The Bertz CT molecular complexity index is 565. The van der Waals surface area contributed by atoms with Gasteiger partial charge in [0, 0.05) is 13.0 Å². The summed E-state index contributed by atoms with van der Waals surface area (Å²) < 4.78 is 17.3. The van der Waals surface area contributed by atoms with E-state index in [0.29, 0.717) is 19.6 Å². The van der Waals surface area contributed by atoms with Crippen molar-refractivity contribution >= 4 is 0 Å². The molecular formula is C28H48O4. The number of hydrogen-bond donors (Lipinski definition) is 1. The molecule has 1 fully saturated rings. The van der Waals surface area contributed by atoms with E-state index in [1.807, 2.05) is 6.92 Å². The molecular weight excluding hydrogens is 400 g/mol.